The van der Waals surface area contributed by atoms with Crippen LogP contribution in [0.1, 0.15) is 27.0 Å². The largest absolute Gasteiger partial charge is 0.289 e. The topological polar surface area (TPSA) is 60.2 Å². The lowest BCUT2D eigenvalue weighted by molar-refractivity contribution is -0.384. The van der Waals surface area contributed by atoms with Crippen LogP contribution >= 0.6 is 11.6 Å². The number of carbonyl (C=O) groups is 1. The van der Waals surface area contributed by atoms with Gasteiger partial charge in [0.25, 0.3) is 5.69 Å². The van der Waals surface area contributed by atoms with Crippen LogP contribution in [-0.4, -0.2) is 10.7 Å². The molecule has 0 aromatic heterocycles. The normalized spacial score (nSPS) is 10.9. The first-order valence-electron chi connectivity index (χ1n) is 6.62. The number of benzene rings is 2. The number of rotatable bonds is 4. The molecule has 0 heterocycles. The molecule has 2 rings (SSSR count). The van der Waals surface area contributed by atoms with Crippen molar-refractivity contribution in [2.45, 2.75) is 13.8 Å². The van der Waals surface area contributed by atoms with Gasteiger partial charge in [-0.2, -0.15) is 0 Å². The molecule has 2 aromatic rings. The summed E-state index contributed by atoms with van der Waals surface area (Å²) in [6.07, 6.45) is 3.12. The molecule has 0 aliphatic rings. The summed E-state index contributed by atoms with van der Waals surface area (Å²) in [6, 6.07) is 9.98. The third-order valence-electron chi connectivity index (χ3n) is 3.28. The molecule has 0 aliphatic heterocycles. The van der Waals surface area contributed by atoms with Crippen molar-refractivity contribution in [2.24, 2.45) is 0 Å². The van der Waals surface area contributed by atoms with Crippen LogP contribution in [0.3, 0.4) is 0 Å². The average Bonchev–Trinajstić information content (AvgIpc) is 2.48. The van der Waals surface area contributed by atoms with E-state index >= 15 is 0 Å². The van der Waals surface area contributed by atoms with Crippen LogP contribution in [0.25, 0.3) is 6.08 Å². The molecule has 0 atom stereocenters. The molecule has 0 fully saturated rings. The highest BCUT2D eigenvalue weighted by Crippen LogP contribution is 2.25. The average molecular weight is 316 g/mol. The Morgan fingerprint density at radius 3 is 2.59 bits per heavy atom. The first-order chi connectivity index (χ1) is 10.4. The lowest BCUT2D eigenvalue weighted by Gasteiger charge is -2.02. The summed E-state index contributed by atoms with van der Waals surface area (Å²) in [5.74, 6) is -0.305. The predicted molar refractivity (Wildman–Crippen MR) is 87.4 cm³/mol. The van der Waals surface area contributed by atoms with Gasteiger partial charge in [-0.15, -0.1) is 0 Å². The fraction of sp³-hybridized carbons (Fsp3) is 0.118. The molecular weight excluding hydrogens is 302 g/mol. The minimum absolute atomic E-state index is 0.0139. The van der Waals surface area contributed by atoms with Gasteiger partial charge >= 0.3 is 0 Å². The number of aryl methyl sites for hydroxylation is 2. The van der Waals surface area contributed by atoms with Crippen LogP contribution in [-0.2, 0) is 0 Å². The summed E-state index contributed by atoms with van der Waals surface area (Å²) in [4.78, 5) is 22.4. The third kappa shape index (κ3) is 3.59. The van der Waals surface area contributed by atoms with Gasteiger partial charge in [-0.05, 0) is 43.2 Å². The molecule has 0 unspecified atom stereocenters. The Balaban J connectivity index is 2.29. The molecule has 0 radical (unpaired) electrons. The number of hydrogen-bond acceptors (Lipinski definition) is 3. The lowest BCUT2D eigenvalue weighted by Crippen LogP contribution is -1.97. The van der Waals surface area contributed by atoms with Gasteiger partial charge in [0, 0.05) is 11.6 Å². The second kappa shape index (κ2) is 6.54. The maximum atomic E-state index is 12.1. The summed E-state index contributed by atoms with van der Waals surface area (Å²) in [5.41, 5.74) is 3.05. The fourth-order valence-corrected chi connectivity index (χ4v) is 2.19. The first kappa shape index (κ1) is 15.9. The van der Waals surface area contributed by atoms with Crippen LogP contribution in [0, 0.1) is 24.0 Å². The van der Waals surface area contributed by atoms with Gasteiger partial charge in [0.2, 0.25) is 0 Å². The Hall–Kier alpha value is -2.46. The third-order valence-corrected chi connectivity index (χ3v) is 3.60. The molecule has 0 aliphatic carbocycles. The Labute approximate surface area is 133 Å². The second-order valence-corrected chi connectivity index (χ2v) is 5.39. The molecule has 2 aromatic carbocycles. The minimum atomic E-state index is -0.604. The SMILES string of the molecule is Cc1ccc(C)c(C=CC(=O)c2ccc(Cl)c([N+](=O)[O-])c2)c1. The quantitative estimate of drug-likeness (QED) is 0.353. The number of carbonyl (C=O) groups excluding carboxylic acids is 1. The van der Waals surface area contributed by atoms with E-state index in [9.17, 15) is 14.9 Å². The molecule has 0 amide bonds. The van der Waals surface area contributed by atoms with Gasteiger partial charge in [0.15, 0.2) is 5.78 Å². The maximum Gasteiger partial charge on any atom is 0.288 e. The van der Waals surface area contributed by atoms with Crippen molar-refractivity contribution in [1.29, 1.82) is 0 Å². The van der Waals surface area contributed by atoms with Crippen LogP contribution in [0.4, 0.5) is 5.69 Å². The summed E-state index contributed by atoms with van der Waals surface area (Å²) < 4.78 is 0. The smallest absolute Gasteiger partial charge is 0.288 e. The molecular formula is C17H14ClNO3. The van der Waals surface area contributed by atoms with E-state index in [0.29, 0.717) is 0 Å². The Bertz CT molecular complexity index is 781. The minimum Gasteiger partial charge on any atom is -0.289 e. The number of ketones is 1. The van der Waals surface area contributed by atoms with Gasteiger partial charge in [-0.25, -0.2) is 0 Å². The van der Waals surface area contributed by atoms with E-state index in [4.69, 9.17) is 11.6 Å². The van der Waals surface area contributed by atoms with E-state index in [1.165, 1.54) is 24.3 Å². The van der Waals surface area contributed by atoms with E-state index in [2.05, 4.69) is 0 Å². The highest BCUT2D eigenvalue weighted by atomic mass is 35.5. The Morgan fingerprint density at radius 2 is 1.91 bits per heavy atom. The standard InChI is InChI=1S/C17H14ClNO3/c1-11-3-4-12(2)13(9-11)6-8-17(20)14-5-7-15(18)16(10-14)19(21)22/h3-10H,1-2H3. The molecule has 112 valence electrons. The van der Waals surface area contributed by atoms with Gasteiger partial charge < -0.3 is 0 Å². The van der Waals surface area contributed by atoms with E-state index in [-0.39, 0.29) is 22.1 Å². The van der Waals surface area contributed by atoms with Crippen LogP contribution in [0.15, 0.2) is 42.5 Å². The molecule has 0 saturated carbocycles. The van der Waals surface area contributed by atoms with E-state index in [0.717, 1.165) is 16.7 Å². The summed E-state index contributed by atoms with van der Waals surface area (Å²) in [7, 11) is 0. The monoisotopic (exact) mass is 315 g/mol. The van der Waals surface area contributed by atoms with Crippen LogP contribution in [0.5, 0.6) is 0 Å². The van der Waals surface area contributed by atoms with Crippen LogP contribution < -0.4 is 0 Å². The molecule has 0 bridgehead atoms. The number of nitro groups is 1. The number of halogens is 1. The van der Waals surface area contributed by atoms with E-state index in [1.54, 1.807) is 6.08 Å². The number of nitrogens with zero attached hydrogens (tertiary/aromatic N) is 1. The summed E-state index contributed by atoms with van der Waals surface area (Å²) in [5, 5.41) is 10.9. The zero-order valence-electron chi connectivity index (χ0n) is 12.2. The lowest BCUT2D eigenvalue weighted by atomic mass is 10.0. The number of hydrogen-bond donors (Lipinski definition) is 0. The highest BCUT2D eigenvalue weighted by molar-refractivity contribution is 6.32. The van der Waals surface area contributed by atoms with Crippen molar-refractivity contribution in [3.8, 4) is 0 Å². The summed E-state index contributed by atoms with van der Waals surface area (Å²) in [6.45, 7) is 3.93. The Kier molecular flexibility index (Phi) is 4.73. The molecule has 0 spiro atoms. The van der Waals surface area contributed by atoms with E-state index in [1.807, 2.05) is 32.0 Å². The van der Waals surface area contributed by atoms with Gasteiger partial charge in [0.1, 0.15) is 5.02 Å². The molecule has 5 heteroatoms. The summed E-state index contributed by atoms with van der Waals surface area (Å²) >= 11 is 5.74. The van der Waals surface area contributed by atoms with Crippen molar-refractivity contribution in [2.75, 3.05) is 0 Å². The zero-order valence-corrected chi connectivity index (χ0v) is 12.9. The molecule has 22 heavy (non-hydrogen) atoms. The Morgan fingerprint density at radius 1 is 1.18 bits per heavy atom. The molecule has 4 nitrogen and oxygen atoms in total. The van der Waals surface area contributed by atoms with Crippen molar-refractivity contribution in [3.05, 3.63) is 79.9 Å². The van der Waals surface area contributed by atoms with Gasteiger partial charge in [0.05, 0.1) is 4.92 Å². The second-order valence-electron chi connectivity index (χ2n) is 4.98. The number of nitro benzene ring substituents is 1. The van der Waals surface area contributed by atoms with Crippen molar-refractivity contribution in [3.63, 3.8) is 0 Å². The van der Waals surface area contributed by atoms with Crippen molar-refractivity contribution < 1.29 is 9.72 Å². The first-order valence-corrected chi connectivity index (χ1v) is 7.00. The predicted octanol–water partition coefficient (Wildman–Crippen LogP) is 4.76. The molecule has 0 saturated heterocycles. The van der Waals surface area contributed by atoms with E-state index < -0.39 is 4.92 Å². The zero-order chi connectivity index (χ0) is 16.3. The van der Waals surface area contributed by atoms with Crippen molar-refractivity contribution in [1.82, 2.24) is 0 Å². The molecule has 0 N–H and O–H groups in total. The highest BCUT2D eigenvalue weighted by Gasteiger charge is 2.15. The number of allylic oxidation sites excluding steroid dienone is 1. The van der Waals surface area contributed by atoms with Crippen molar-refractivity contribution >= 4 is 29.1 Å². The maximum absolute atomic E-state index is 12.1. The fourth-order valence-electron chi connectivity index (χ4n) is 2.01. The van der Waals surface area contributed by atoms with Gasteiger partial charge in [-0.3, -0.25) is 14.9 Å². The van der Waals surface area contributed by atoms with Crippen LogP contribution in [0.2, 0.25) is 5.02 Å². The van der Waals surface area contributed by atoms with Gasteiger partial charge in [-0.1, -0.05) is 41.4 Å².